The first-order valence-corrected chi connectivity index (χ1v) is 13.1. The van der Waals surface area contributed by atoms with Gasteiger partial charge in [-0.3, -0.25) is 14.4 Å². The molecule has 0 bridgehead atoms. The Bertz CT molecular complexity index is 1090. The van der Waals surface area contributed by atoms with Crippen molar-refractivity contribution in [2.24, 2.45) is 10.8 Å². The van der Waals surface area contributed by atoms with Gasteiger partial charge in [-0.15, -0.1) is 0 Å². The van der Waals surface area contributed by atoms with Crippen LogP contribution in [0.15, 0.2) is 24.4 Å². The molecule has 2 rings (SSSR count). The van der Waals surface area contributed by atoms with Crippen molar-refractivity contribution in [1.29, 1.82) is 0 Å². The van der Waals surface area contributed by atoms with Crippen molar-refractivity contribution in [3.63, 3.8) is 0 Å². The predicted octanol–water partition coefficient (Wildman–Crippen LogP) is 7.84. The van der Waals surface area contributed by atoms with Gasteiger partial charge in [0.2, 0.25) is 11.8 Å². The van der Waals surface area contributed by atoms with Crippen LogP contribution in [0.2, 0.25) is 10.0 Å². The molecule has 1 aromatic carbocycles. The van der Waals surface area contributed by atoms with E-state index in [1.165, 1.54) is 25.4 Å². The van der Waals surface area contributed by atoms with Gasteiger partial charge in [-0.2, -0.15) is 0 Å². The van der Waals surface area contributed by atoms with Crippen molar-refractivity contribution in [3.05, 3.63) is 45.6 Å². The van der Waals surface area contributed by atoms with Crippen LogP contribution in [0.4, 0.5) is 11.5 Å². The molecular formula is C28H41Cl2N3O4. The van der Waals surface area contributed by atoms with Crippen LogP contribution in [0.1, 0.15) is 85.2 Å². The Balaban J connectivity index is 0.00000308. The summed E-state index contributed by atoms with van der Waals surface area (Å²) in [6.07, 6.45) is 1.31. The number of amides is 2. The standard InChI is InChI=1S/C24H29Cl2N3O4.2C2H6/c1-23(2,3)21(31)28-17-12-27-19(29-22(32)24(4,5)6)9-13(17)8-18(30)15-10-14(25)11-16(26)20(15)33-7;2*1-2/h9-12H,8H2,1-7H3,(H,28,31)(H,27,29,32);2*1-2H3. The lowest BCUT2D eigenvalue weighted by Gasteiger charge is -2.21. The quantitative estimate of drug-likeness (QED) is 0.355. The highest BCUT2D eigenvalue weighted by molar-refractivity contribution is 6.36. The number of pyridine rings is 1. The van der Waals surface area contributed by atoms with Crippen LogP contribution in [0.25, 0.3) is 0 Å². The van der Waals surface area contributed by atoms with Crippen LogP contribution >= 0.6 is 23.2 Å². The number of aromatic nitrogens is 1. The molecule has 0 spiro atoms. The van der Waals surface area contributed by atoms with Gasteiger partial charge in [0.05, 0.1) is 29.6 Å². The minimum absolute atomic E-state index is 0.117. The molecule has 0 atom stereocenters. The Morgan fingerprint density at radius 2 is 1.38 bits per heavy atom. The van der Waals surface area contributed by atoms with E-state index >= 15 is 0 Å². The van der Waals surface area contributed by atoms with Gasteiger partial charge in [-0.25, -0.2) is 4.98 Å². The minimum Gasteiger partial charge on any atom is -0.494 e. The molecule has 2 aromatic rings. The number of nitrogens with one attached hydrogen (secondary N) is 2. The summed E-state index contributed by atoms with van der Waals surface area (Å²) in [7, 11) is 1.41. The molecule has 0 aliphatic heterocycles. The third-order valence-corrected chi connectivity index (χ3v) is 5.20. The van der Waals surface area contributed by atoms with Crippen LogP contribution in [-0.2, 0) is 16.0 Å². The number of Topliss-reactive ketones (excluding diaryl/α,β-unsaturated/α-hetero) is 1. The summed E-state index contributed by atoms with van der Waals surface area (Å²) in [5.41, 5.74) is -0.259. The number of carbonyl (C=O) groups is 3. The Labute approximate surface area is 231 Å². The molecule has 0 saturated carbocycles. The lowest BCUT2D eigenvalue weighted by Crippen LogP contribution is -2.29. The van der Waals surface area contributed by atoms with Crippen LogP contribution in [0.3, 0.4) is 0 Å². The molecule has 1 aromatic heterocycles. The lowest BCUT2D eigenvalue weighted by atomic mass is 9.95. The topological polar surface area (TPSA) is 97.4 Å². The predicted molar refractivity (Wildman–Crippen MR) is 154 cm³/mol. The average molecular weight is 555 g/mol. The summed E-state index contributed by atoms with van der Waals surface area (Å²) in [6, 6.07) is 4.53. The third-order valence-electron chi connectivity index (χ3n) is 4.71. The molecule has 2 N–H and O–H groups in total. The monoisotopic (exact) mass is 553 g/mol. The molecule has 0 saturated heterocycles. The van der Waals surface area contributed by atoms with Crippen molar-refractivity contribution in [2.45, 2.75) is 75.7 Å². The molecule has 0 fully saturated rings. The van der Waals surface area contributed by atoms with Crippen molar-refractivity contribution in [3.8, 4) is 5.75 Å². The van der Waals surface area contributed by atoms with Gasteiger partial charge in [0.15, 0.2) is 5.78 Å². The zero-order valence-electron chi connectivity index (χ0n) is 23.9. The van der Waals surface area contributed by atoms with E-state index < -0.39 is 10.8 Å². The molecule has 2 amide bonds. The summed E-state index contributed by atoms with van der Waals surface area (Å²) in [4.78, 5) is 42.4. The van der Waals surface area contributed by atoms with Gasteiger partial charge in [0.25, 0.3) is 0 Å². The zero-order valence-corrected chi connectivity index (χ0v) is 25.4. The molecule has 0 radical (unpaired) electrons. The van der Waals surface area contributed by atoms with E-state index in [1.54, 1.807) is 47.6 Å². The maximum atomic E-state index is 13.2. The zero-order chi connectivity index (χ0) is 29.1. The normalized spacial score (nSPS) is 10.7. The van der Waals surface area contributed by atoms with Gasteiger partial charge >= 0.3 is 0 Å². The van der Waals surface area contributed by atoms with Crippen LogP contribution < -0.4 is 15.4 Å². The number of carbonyl (C=O) groups excluding carboxylic acids is 3. The Kier molecular flexibility index (Phi) is 13.9. The van der Waals surface area contributed by atoms with Crippen molar-refractivity contribution < 1.29 is 19.1 Å². The first-order valence-electron chi connectivity index (χ1n) is 12.3. The summed E-state index contributed by atoms with van der Waals surface area (Å²) < 4.78 is 5.29. The third kappa shape index (κ3) is 10.3. The van der Waals surface area contributed by atoms with Gasteiger partial charge < -0.3 is 15.4 Å². The summed E-state index contributed by atoms with van der Waals surface area (Å²) in [6.45, 7) is 18.7. The second-order valence-corrected chi connectivity index (χ2v) is 10.5. The Morgan fingerprint density at radius 3 is 1.86 bits per heavy atom. The number of anilines is 2. The summed E-state index contributed by atoms with van der Waals surface area (Å²) in [5, 5.41) is 6.07. The maximum Gasteiger partial charge on any atom is 0.230 e. The molecule has 0 unspecified atom stereocenters. The van der Waals surface area contributed by atoms with E-state index in [9.17, 15) is 14.4 Å². The fourth-order valence-corrected chi connectivity index (χ4v) is 3.25. The number of ketones is 1. The number of nitrogens with zero attached hydrogens (tertiary/aromatic N) is 1. The van der Waals surface area contributed by atoms with E-state index in [1.807, 2.05) is 27.7 Å². The van der Waals surface area contributed by atoms with Crippen molar-refractivity contribution in [1.82, 2.24) is 4.98 Å². The smallest absolute Gasteiger partial charge is 0.230 e. The van der Waals surface area contributed by atoms with E-state index in [2.05, 4.69) is 15.6 Å². The number of methoxy groups -OCH3 is 1. The van der Waals surface area contributed by atoms with Crippen LogP contribution in [0, 0.1) is 10.8 Å². The van der Waals surface area contributed by atoms with E-state index in [0.717, 1.165) is 0 Å². The second kappa shape index (κ2) is 14.9. The molecule has 0 aliphatic rings. The SMILES string of the molecule is CC.CC.COc1c(Cl)cc(Cl)cc1C(=O)Cc1cc(NC(=O)C(C)(C)C)ncc1NC(=O)C(C)(C)C. The van der Waals surface area contributed by atoms with E-state index in [-0.39, 0.29) is 46.2 Å². The summed E-state index contributed by atoms with van der Waals surface area (Å²) in [5.74, 6) is -0.332. The Hall–Kier alpha value is -2.64. The lowest BCUT2D eigenvalue weighted by molar-refractivity contribution is -0.123. The fourth-order valence-electron chi connectivity index (χ4n) is 2.68. The molecule has 7 nitrogen and oxygen atoms in total. The molecule has 0 aliphatic carbocycles. The highest BCUT2D eigenvalue weighted by Gasteiger charge is 2.25. The number of hydrogen-bond donors (Lipinski definition) is 2. The number of rotatable bonds is 6. The maximum absolute atomic E-state index is 13.2. The fraction of sp³-hybridized carbons (Fsp3) is 0.500. The van der Waals surface area contributed by atoms with Gasteiger partial charge in [0, 0.05) is 22.3 Å². The molecule has 37 heavy (non-hydrogen) atoms. The van der Waals surface area contributed by atoms with Gasteiger partial charge in [0.1, 0.15) is 11.6 Å². The summed E-state index contributed by atoms with van der Waals surface area (Å²) >= 11 is 12.3. The highest BCUT2D eigenvalue weighted by atomic mass is 35.5. The largest absolute Gasteiger partial charge is 0.494 e. The number of ether oxygens (including phenoxy) is 1. The van der Waals surface area contributed by atoms with Crippen LogP contribution in [-0.4, -0.2) is 29.7 Å². The first kappa shape index (κ1) is 34.4. The average Bonchev–Trinajstić information content (AvgIpc) is 2.81. The van der Waals surface area contributed by atoms with Crippen molar-refractivity contribution in [2.75, 3.05) is 17.7 Å². The van der Waals surface area contributed by atoms with E-state index in [4.69, 9.17) is 27.9 Å². The minimum atomic E-state index is -0.663. The molecule has 9 heteroatoms. The van der Waals surface area contributed by atoms with Crippen LogP contribution in [0.5, 0.6) is 5.75 Å². The first-order chi connectivity index (χ1) is 17.1. The number of hydrogen-bond acceptors (Lipinski definition) is 5. The molecule has 206 valence electrons. The second-order valence-electron chi connectivity index (χ2n) is 9.70. The number of halogens is 2. The van der Waals surface area contributed by atoms with Gasteiger partial charge in [-0.05, 0) is 23.8 Å². The molecular weight excluding hydrogens is 513 g/mol. The Morgan fingerprint density at radius 1 is 0.865 bits per heavy atom. The molecule has 1 heterocycles. The van der Waals surface area contributed by atoms with E-state index in [0.29, 0.717) is 16.3 Å². The number of benzene rings is 1. The van der Waals surface area contributed by atoms with Crippen molar-refractivity contribution >= 4 is 52.3 Å². The highest BCUT2D eigenvalue weighted by Crippen LogP contribution is 2.34. The van der Waals surface area contributed by atoms with Gasteiger partial charge in [-0.1, -0.05) is 92.4 Å².